The van der Waals surface area contributed by atoms with E-state index in [2.05, 4.69) is 59.5 Å². The first-order valence-corrected chi connectivity index (χ1v) is 7.78. The highest BCUT2D eigenvalue weighted by Gasteiger charge is 2.11. The number of hydrogen-bond acceptors (Lipinski definition) is 4. The van der Waals surface area contributed by atoms with Gasteiger partial charge in [0, 0.05) is 24.7 Å². The molecule has 6 nitrogen and oxygen atoms in total. The van der Waals surface area contributed by atoms with Crippen LogP contribution in [0.3, 0.4) is 0 Å². The molecule has 0 unspecified atom stereocenters. The van der Waals surface area contributed by atoms with Crippen LogP contribution in [0, 0.1) is 6.92 Å². The summed E-state index contributed by atoms with van der Waals surface area (Å²) in [6.45, 7) is 6.91. The summed E-state index contributed by atoms with van der Waals surface area (Å²) in [4.78, 5) is 4.32. The fourth-order valence-electron chi connectivity index (χ4n) is 2.63. The van der Waals surface area contributed by atoms with Gasteiger partial charge in [0.15, 0.2) is 0 Å². The molecule has 2 aromatic heterocycles. The first-order valence-electron chi connectivity index (χ1n) is 7.78. The van der Waals surface area contributed by atoms with Gasteiger partial charge in [-0.15, -0.1) is 0 Å². The van der Waals surface area contributed by atoms with Crippen LogP contribution in [0.2, 0.25) is 0 Å². The molecular weight excluding hydrogens is 288 g/mol. The van der Waals surface area contributed by atoms with Crippen LogP contribution in [0.1, 0.15) is 31.3 Å². The standard InChI is InChI=1S/C17H22N6/c1-12(2)23-17(19-11-20-23)10-18-16-9-15(21-22(16)4)14-8-6-5-7-13(14)3/h5-9,11-12,18H,10H2,1-4H3. The summed E-state index contributed by atoms with van der Waals surface area (Å²) in [5.74, 6) is 1.88. The predicted molar refractivity (Wildman–Crippen MR) is 91.1 cm³/mol. The Morgan fingerprint density at radius 2 is 2.00 bits per heavy atom. The van der Waals surface area contributed by atoms with Crippen LogP contribution >= 0.6 is 0 Å². The molecule has 23 heavy (non-hydrogen) atoms. The smallest absolute Gasteiger partial charge is 0.146 e. The van der Waals surface area contributed by atoms with Gasteiger partial charge in [-0.05, 0) is 26.3 Å². The van der Waals surface area contributed by atoms with Crippen molar-refractivity contribution in [2.45, 2.75) is 33.4 Å². The van der Waals surface area contributed by atoms with Gasteiger partial charge in [0.05, 0.1) is 12.2 Å². The molecular formula is C17H22N6. The van der Waals surface area contributed by atoms with Crippen molar-refractivity contribution < 1.29 is 0 Å². The van der Waals surface area contributed by atoms with Crippen LogP contribution < -0.4 is 5.32 Å². The number of nitrogens with zero attached hydrogens (tertiary/aromatic N) is 5. The Labute approximate surface area is 136 Å². The van der Waals surface area contributed by atoms with Gasteiger partial charge in [0.25, 0.3) is 0 Å². The van der Waals surface area contributed by atoms with Crippen LogP contribution in [0.25, 0.3) is 11.3 Å². The van der Waals surface area contributed by atoms with Crippen LogP contribution in [-0.2, 0) is 13.6 Å². The molecule has 3 aromatic rings. The average Bonchev–Trinajstić information content (AvgIpc) is 3.12. The first-order chi connectivity index (χ1) is 11.1. The Kier molecular flexibility index (Phi) is 4.14. The Balaban J connectivity index is 1.80. The molecule has 0 aliphatic heterocycles. The van der Waals surface area contributed by atoms with Gasteiger partial charge in [-0.1, -0.05) is 24.3 Å². The zero-order valence-corrected chi connectivity index (χ0v) is 14.0. The number of aryl methyl sites for hydroxylation is 2. The molecule has 120 valence electrons. The quantitative estimate of drug-likeness (QED) is 0.786. The molecule has 0 bridgehead atoms. The lowest BCUT2D eigenvalue weighted by molar-refractivity contribution is 0.508. The van der Waals surface area contributed by atoms with Crippen LogP contribution in [0.15, 0.2) is 36.7 Å². The predicted octanol–water partition coefficient (Wildman–Crippen LogP) is 3.18. The molecule has 0 aliphatic rings. The van der Waals surface area contributed by atoms with E-state index >= 15 is 0 Å². The van der Waals surface area contributed by atoms with E-state index in [1.165, 1.54) is 5.56 Å². The summed E-state index contributed by atoms with van der Waals surface area (Å²) in [6, 6.07) is 10.6. The number of rotatable bonds is 5. The van der Waals surface area contributed by atoms with Gasteiger partial charge >= 0.3 is 0 Å². The normalized spacial score (nSPS) is 11.2. The maximum atomic E-state index is 4.61. The van der Waals surface area contributed by atoms with Gasteiger partial charge in [0.2, 0.25) is 0 Å². The van der Waals surface area contributed by atoms with Gasteiger partial charge in [-0.25, -0.2) is 9.67 Å². The summed E-state index contributed by atoms with van der Waals surface area (Å²) in [5, 5.41) is 12.3. The third kappa shape index (κ3) is 3.11. The molecule has 0 aliphatic carbocycles. The monoisotopic (exact) mass is 310 g/mol. The third-order valence-electron chi connectivity index (χ3n) is 3.86. The van der Waals surface area contributed by atoms with Gasteiger partial charge in [0.1, 0.15) is 18.0 Å². The minimum atomic E-state index is 0.295. The summed E-state index contributed by atoms with van der Waals surface area (Å²) < 4.78 is 3.78. The largest absolute Gasteiger partial charge is 0.363 e. The number of hydrogen-bond donors (Lipinski definition) is 1. The zero-order valence-electron chi connectivity index (χ0n) is 14.0. The number of nitrogens with one attached hydrogen (secondary N) is 1. The lowest BCUT2D eigenvalue weighted by Gasteiger charge is -2.10. The molecule has 0 fully saturated rings. The highest BCUT2D eigenvalue weighted by atomic mass is 15.4. The molecule has 1 aromatic carbocycles. The van der Waals surface area contributed by atoms with Crippen LogP contribution in [0.5, 0.6) is 0 Å². The molecule has 2 heterocycles. The second kappa shape index (κ2) is 6.24. The van der Waals surface area contributed by atoms with E-state index in [0.717, 1.165) is 22.9 Å². The summed E-state index contributed by atoms with van der Waals surface area (Å²) in [6.07, 6.45) is 1.60. The third-order valence-corrected chi connectivity index (χ3v) is 3.86. The topological polar surface area (TPSA) is 60.6 Å². The molecule has 0 saturated carbocycles. The SMILES string of the molecule is Cc1ccccc1-c1cc(NCc2ncnn2C(C)C)n(C)n1. The van der Waals surface area contributed by atoms with Crippen molar-refractivity contribution in [1.29, 1.82) is 0 Å². The lowest BCUT2D eigenvalue weighted by Crippen LogP contribution is -2.13. The maximum absolute atomic E-state index is 4.61. The minimum absolute atomic E-state index is 0.295. The van der Waals surface area contributed by atoms with Crippen molar-refractivity contribution in [3.8, 4) is 11.3 Å². The van der Waals surface area contributed by atoms with E-state index in [-0.39, 0.29) is 0 Å². The number of anilines is 1. The van der Waals surface area contributed by atoms with E-state index in [1.54, 1.807) is 6.33 Å². The molecule has 6 heteroatoms. The Morgan fingerprint density at radius 3 is 2.74 bits per heavy atom. The first kappa shape index (κ1) is 15.3. The van der Waals surface area contributed by atoms with E-state index in [9.17, 15) is 0 Å². The van der Waals surface area contributed by atoms with Crippen molar-refractivity contribution in [3.63, 3.8) is 0 Å². The molecule has 0 spiro atoms. The van der Waals surface area contributed by atoms with E-state index in [0.29, 0.717) is 12.6 Å². The zero-order chi connectivity index (χ0) is 16.4. The highest BCUT2D eigenvalue weighted by molar-refractivity contribution is 5.66. The van der Waals surface area contributed by atoms with Crippen molar-refractivity contribution in [3.05, 3.63) is 48.0 Å². The summed E-state index contributed by atoms with van der Waals surface area (Å²) in [5.41, 5.74) is 3.34. The van der Waals surface area contributed by atoms with Crippen molar-refractivity contribution in [2.75, 3.05) is 5.32 Å². The van der Waals surface area contributed by atoms with Crippen molar-refractivity contribution in [1.82, 2.24) is 24.5 Å². The molecule has 1 N–H and O–H groups in total. The van der Waals surface area contributed by atoms with Crippen molar-refractivity contribution in [2.24, 2.45) is 7.05 Å². The molecule has 0 saturated heterocycles. The molecule has 3 rings (SSSR count). The average molecular weight is 310 g/mol. The minimum Gasteiger partial charge on any atom is -0.363 e. The summed E-state index contributed by atoms with van der Waals surface area (Å²) in [7, 11) is 1.94. The van der Waals surface area contributed by atoms with Crippen molar-refractivity contribution >= 4 is 5.82 Å². The van der Waals surface area contributed by atoms with Gasteiger partial charge in [-0.3, -0.25) is 4.68 Å². The fourth-order valence-corrected chi connectivity index (χ4v) is 2.63. The fraction of sp³-hybridized carbons (Fsp3) is 0.353. The van der Waals surface area contributed by atoms with Gasteiger partial charge in [-0.2, -0.15) is 10.2 Å². The Bertz CT molecular complexity index is 799. The Hall–Kier alpha value is -2.63. The molecule has 0 amide bonds. The van der Waals surface area contributed by atoms with E-state index in [1.807, 2.05) is 28.5 Å². The number of aromatic nitrogens is 5. The van der Waals surface area contributed by atoms with Crippen LogP contribution in [0.4, 0.5) is 5.82 Å². The molecule has 0 atom stereocenters. The number of benzene rings is 1. The second-order valence-electron chi connectivity index (χ2n) is 5.92. The van der Waals surface area contributed by atoms with E-state index < -0.39 is 0 Å². The van der Waals surface area contributed by atoms with Gasteiger partial charge < -0.3 is 5.32 Å². The maximum Gasteiger partial charge on any atom is 0.146 e. The summed E-state index contributed by atoms with van der Waals surface area (Å²) >= 11 is 0. The Morgan fingerprint density at radius 1 is 1.22 bits per heavy atom. The second-order valence-corrected chi connectivity index (χ2v) is 5.92. The van der Waals surface area contributed by atoms with E-state index in [4.69, 9.17) is 0 Å². The molecule has 0 radical (unpaired) electrons. The van der Waals surface area contributed by atoms with Crippen LogP contribution in [-0.4, -0.2) is 24.5 Å². The highest BCUT2D eigenvalue weighted by Crippen LogP contribution is 2.24. The lowest BCUT2D eigenvalue weighted by atomic mass is 10.1.